The van der Waals surface area contributed by atoms with Crippen LogP contribution in [0, 0.1) is 10.1 Å². The van der Waals surface area contributed by atoms with Crippen molar-refractivity contribution in [1.82, 2.24) is 0 Å². The number of anilines is 1. The van der Waals surface area contributed by atoms with E-state index in [1.165, 1.54) is 0 Å². The van der Waals surface area contributed by atoms with Gasteiger partial charge in [-0.1, -0.05) is 0 Å². The molecular weight excluding hydrogens is 244 g/mol. The molecule has 0 bridgehead atoms. The summed E-state index contributed by atoms with van der Waals surface area (Å²) in [6, 6.07) is 3.15. The molecule has 0 spiro atoms. The van der Waals surface area contributed by atoms with E-state index in [0.29, 0.717) is 0 Å². The summed E-state index contributed by atoms with van der Waals surface area (Å²) in [5.74, 6) is -2.11. The second-order valence-corrected chi connectivity index (χ2v) is 3.40. The molecule has 0 aromatic heterocycles. The third-order valence-electron chi connectivity index (χ3n) is 2.03. The number of carbonyl (C=O) groups is 2. The van der Waals surface area contributed by atoms with E-state index in [-0.39, 0.29) is 30.0 Å². The molecule has 18 heavy (non-hydrogen) atoms. The summed E-state index contributed by atoms with van der Waals surface area (Å²) in [4.78, 5) is 31.4. The number of rotatable bonds is 5. The molecule has 0 heterocycles. The Morgan fingerprint density at radius 3 is 2.56 bits per heavy atom. The molecule has 0 aliphatic heterocycles. The zero-order valence-electron chi connectivity index (χ0n) is 9.12. The second-order valence-electron chi connectivity index (χ2n) is 3.40. The molecule has 8 nitrogen and oxygen atoms in total. The Bertz CT molecular complexity index is 499. The fourth-order valence-electron chi connectivity index (χ4n) is 1.17. The van der Waals surface area contributed by atoms with E-state index in [4.69, 9.17) is 5.11 Å². The Labute approximate surface area is 101 Å². The summed E-state index contributed by atoms with van der Waals surface area (Å²) in [5, 5.41) is 30.5. The predicted molar refractivity (Wildman–Crippen MR) is 60.3 cm³/mol. The van der Waals surface area contributed by atoms with Crippen LogP contribution in [0.4, 0.5) is 11.4 Å². The lowest BCUT2D eigenvalue weighted by Crippen LogP contribution is -2.13. The molecule has 1 aromatic rings. The van der Waals surface area contributed by atoms with E-state index in [1.54, 1.807) is 0 Å². The molecule has 0 aliphatic rings. The van der Waals surface area contributed by atoms with Gasteiger partial charge in [0, 0.05) is 18.6 Å². The maximum Gasteiger partial charge on any atom is 0.303 e. The van der Waals surface area contributed by atoms with Gasteiger partial charge in [-0.3, -0.25) is 19.7 Å². The quantitative estimate of drug-likeness (QED) is 0.410. The molecule has 0 saturated heterocycles. The molecule has 1 aromatic carbocycles. The number of non-ortho nitro benzene ring substituents is 1. The summed E-state index contributed by atoms with van der Waals surface area (Å²) in [6.07, 6.45) is -0.640. The van der Waals surface area contributed by atoms with Crippen LogP contribution in [0.25, 0.3) is 0 Å². The Hall–Kier alpha value is -2.64. The predicted octanol–water partition coefficient (Wildman–Crippen LogP) is 1.10. The van der Waals surface area contributed by atoms with Crippen molar-refractivity contribution in [2.75, 3.05) is 5.32 Å². The van der Waals surface area contributed by atoms with Crippen molar-refractivity contribution in [1.29, 1.82) is 0 Å². The van der Waals surface area contributed by atoms with Gasteiger partial charge in [-0.15, -0.1) is 0 Å². The molecule has 0 saturated carbocycles. The van der Waals surface area contributed by atoms with Crippen molar-refractivity contribution in [2.45, 2.75) is 12.8 Å². The van der Waals surface area contributed by atoms with Crippen molar-refractivity contribution < 1.29 is 24.7 Å². The average Bonchev–Trinajstić information content (AvgIpc) is 2.29. The number of carbonyl (C=O) groups excluding carboxylic acids is 1. The number of hydrogen-bond donors (Lipinski definition) is 3. The van der Waals surface area contributed by atoms with Crippen LogP contribution < -0.4 is 5.32 Å². The van der Waals surface area contributed by atoms with Crippen molar-refractivity contribution in [3.05, 3.63) is 28.3 Å². The van der Waals surface area contributed by atoms with Crippen LogP contribution in [-0.4, -0.2) is 27.0 Å². The number of nitro benzene ring substituents is 1. The van der Waals surface area contributed by atoms with Gasteiger partial charge in [-0.25, -0.2) is 0 Å². The number of phenols is 1. The zero-order valence-corrected chi connectivity index (χ0v) is 9.12. The van der Waals surface area contributed by atoms with Crippen molar-refractivity contribution in [3.63, 3.8) is 0 Å². The van der Waals surface area contributed by atoms with Crippen LogP contribution in [0.1, 0.15) is 12.8 Å². The Balaban J connectivity index is 2.77. The van der Waals surface area contributed by atoms with Gasteiger partial charge in [0.25, 0.3) is 5.69 Å². The van der Waals surface area contributed by atoms with Crippen LogP contribution in [0.5, 0.6) is 5.75 Å². The summed E-state index contributed by atoms with van der Waals surface area (Å²) in [5.41, 5.74) is -0.416. The highest BCUT2D eigenvalue weighted by Crippen LogP contribution is 2.27. The molecule has 0 atom stereocenters. The minimum Gasteiger partial charge on any atom is -0.506 e. The molecule has 0 aliphatic carbocycles. The molecule has 0 radical (unpaired) electrons. The lowest BCUT2D eigenvalue weighted by Gasteiger charge is -2.06. The number of carboxylic acids is 1. The first kappa shape index (κ1) is 13.4. The Morgan fingerprint density at radius 1 is 1.33 bits per heavy atom. The van der Waals surface area contributed by atoms with E-state index in [2.05, 4.69) is 5.32 Å². The van der Waals surface area contributed by atoms with E-state index in [9.17, 15) is 24.8 Å². The fourth-order valence-corrected chi connectivity index (χ4v) is 1.17. The van der Waals surface area contributed by atoms with E-state index >= 15 is 0 Å². The van der Waals surface area contributed by atoms with E-state index in [1.807, 2.05) is 0 Å². The number of hydrogen-bond acceptors (Lipinski definition) is 5. The molecule has 1 rings (SSSR count). The van der Waals surface area contributed by atoms with Gasteiger partial charge < -0.3 is 15.5 Å². The number of carboxylic acid groups (broad SMARTS) is 1. The van der Waals surface area contributed by atoms with E-state index < -0.39 is 16.8 Å². The first-order valence-electron chi connectivity index (χ1n) is 4.89. The minimum absolute atomic E-state index is 0.125. The maximum absolute atomic E-state index is 11.3. The molecule has 8 heteroatoms. The van der Waals surface area contributed by atoms with Gasteiger partial charge in [-0.05, 0) is 6.07 Å². The minimum atomic E-state index is -1.13. The first-order chi connectivity index (χ1) is 8.40. The van der Waals surface area contributed by atoms with Gasteiger partial charge in [0.05, 0.1) is 17.0 Å². The SMILES string of the molecule is O=C(O)CCC(=O)Nc1cc([N+](=O)[O-])ccc1O. The third-order valence-corrected chi connectivity index (χ3v) is 2.03. The normalized spacial score (nSPS) is 9.78. The summed E-state index contributed by atoms with van der Waals surface area (Å²) in [6.45, 7) is 0. The number of benzene rings is 1. The third kappa shape index (κ3) is 3.74. The van der Waals surface area contributed by atoms with Gasteiger partial charge in [0.1, 0.15) is 5.75 Å². The summed E-state index contributed by atoms with van der Waals surface area (Å²) in [7, 11) is 0. The van der Waals surface area contributed by atoms with Crippen molar-refractivity contribution in [2.24, 2.45) is 0 Å². The lowest BCUT2D eigenvalue weighted by atomic mass is 10.2. The average molecular weight is 254 g/mol. The molecule has 1 amide bonds. The summed E-state index contributed by atoms with van der Waals surface area (Å²) >= 11 is 0. The molecule has 0 unspecified atom stereocenters. The molecular formula is C10H10N2O6. The largest absolute Gasteiger partial charge is 0.506 e. The topological polar surface area (TPSA) is 130 Å². The Kier molecular flexibility index (Phi) is 4.19. The molecule has 96 valence electrons. The van der Waals surface area contributed by atoms with Crippen molar-refractivity contribution in [3.8, 4) is 5.75 Å². The lowest BCUT2D eigenvalue weighted by molar-refractivity contribution is -0.384. The molecule has 3 N–H and O–H groups in total. The fraction of sp³-hybridized carbons (Fsp3) is 0.200. The Morgan fingerprint density at radius 2 is 2.00 bits per heavy atom. The highest BCUT2D eigenvalue weighted by molar-refractivity contribution is 5.94. The summed E-state index contributed by atoms with van der Waals surface area (Å²) < 4.78 is 0. The smallest absolute Gasteiger partial charge is 0.303 e. The van der Waals surface area contributed by atoms with Crippen LogP contribution >= 0.6 is 0 Å². The number of aliphatic carboxylic acids is 1. The maximum atomic E-state index is 11.3. The van der Waals surface area contributed by atoms with Gasteiger partial charge in [0.15, 0.2) is 0 Å². The highest BCUT2D eigenvalue weighted by atomic mass is 16.6. The monoisotopic (exact) mass is 254 g/mol. The van der Waals surface area contributed by atoms with E-state index in [0.717, 1.165) is 18.2 Å². The number of phenolic OH excluding ortho intramolecular Hbond substituents is 1. The van der Waals surface area contributed by atoms with Crippen LogP contribution in [0.2, 0.25) is 0 Å². The zero-order chi connectivity index (χ0) is 13.7. The van der Waals surface area contributed by atoms with Gasteiger partial charge in [-0.2, -0.15) is 0 Å². The van der Waals surface area contributed by atoms with Crippen LogP contribution in [0.3, 0.4) is 0 Å². The molecule has 0 fully saturated rings. The van der Waals surface area contributed by atoms with Gasteiger partial charge >= 0.3 is 5.97 Å². The number of amides is 1. The second kappa shape index (κ2) is 5.62. The standard InChI is InChI=1S/C10H10N2O6/c13-8-2-1-6(12(17)18)5-7(8)11-9(14)3-4-10(15)16/h1-2,5,13H,3-4H2,(H,11,14)(H,15,16). The number of nitrogens with one attached hydrogen (secondary N) is 1. The highest BCUT2D eigenvalue weighted by Gasteiger charge is 2.13. The number of aromatic hydroxyl groups is 1. The van der Waals surface area contributed by atoms with Gasteiger partial charge in [0.2, 0.25) is 5.91 Å². The number of nitrogens with zero attached hydrogens (tertiary/aromatic N) is 1. The number of nitro groups is 1. The van der Waals surface area contributed by atoms with Crippen molar-refractivity contribution >= 4 is 23.3 Å². The first-order valence-corrected chi connectivity index (χ1v) is 4.89. The van der Waals surface area contributed by atoms with Crippen LogP contribution in [-0.2, 0) is 9.59 Å². The van der Waals surface area contributed by atoms with Crippen LogP contribution in [0.15, 0.2) is 18.2 Å².